The zero-order valence-corrected chi connectivity index (χ0v) is 21.1. The number of amides is 1. The maximum Gasteiger partial charge on any atom is 0.253 e. The number of aryl methyl sites for hydroxylation is 1. The summed E-state index contributed by atoms with van der Waals surface area (Å²) in [5.41, 5.74) is 2.77. The van der Waals surface area contributed by atoms with Crippen LogP contribution in [0.4, 0.5) is 23.3 Å². The molecular formula is C22H26ClN7O3S. The Labute approximate surface area is 204 Å². The van der Waals surface area contributed by atoms with Crippen molar-refractivity contribution < 1.29 is 13.2 Å². The summed E-state index contributed by atoms with van der Waals surface area (Å²) in [4.78, 5) is 26.7. The molecule has 12 heteroatoms. The Bertz CT molecular complexity index is 1320. The third kappa shape index (κ3) is 5.91. The molecule has 0 radical (unpaired) electrons. The molecule has 2 heterocycles. The Morgan fingerprint density at radius 1 is 1.15 bits per heavy atom. The van der Waals surface area contributed by atoms with Gasteiger partial charge in [0.1, 0.15) is 10.8 Å². The Kier molecular flexibility index (Phi) is 7.57. The Morgan fingerprint density at radius 2 is 1.88 bits per heavy atom. The van der Waals surface area contributed by atoms with Crippen LogP contribution in [0.25, 0.3) is 0 Å². The molecule has 2 aromatic heterocycles. The predicted octanol–water partition coefficient (Wildman–Crippen LogP) is 3.29. The highest BCUT2D eigenvalue weighted by Gasteiger charge is 2.17. The topological polar surface area (TPSA) is 120 Å². The number of carbonyl (C=O) groups is 1. The first-order valence-corrected chi connectivity index (χ1v) is 12.4. The van der Waals surface area contributed by atoms with Gasteiger partial charge in [-0.1, -0.05) is 23.7 Å². The lowest BCUT2D eigenvalue weighted by molar-refractivity contribution is 0.0827. The van der Waals surface area contributed by atoms with E-state index >= 15 is 0 Å². The highest BCUT2D eigenvalue weighted by atomic mass is 35.5. The number of hydrogen-bond donors (Lipinski definition) is 2. The fraction of sp³-hybridized carbons (Fsp3) is 0.273. The first-order valence-electron chi connectivity index (χ1n) is 10.2. The number of rotatable bonds is 8. The van der Waals surface area contributed by atoms with Crippen LogP contribution in [-0.4, -0.2) is 61.6 Å². The van der Waals surface area contributed by atoms with Gasteiger partial charge < -0.3 is 15.5 Å². The average molecular weight is 504 g/mol. The largest absolute Gasteiger partial charge is 0.364 e. The van der Waals surface area contributed by atoms with Crippen molar-refractivity contribution in [1.82, 2.24) is 19.9 Å². The van der Waals surface area contributed by atoms with Gasteiger partial charge in [0.25, 0.3) is 5.91 Å². The molecule has 0 aliphatic heterocycles. The number of halogens is 1. The minimum atomic E-state index is -3.48. The molecule has 0 unspecified atom stereocenters. The van der Waals surface area contributed by atoms with Crippen LogP contribution in [0.15, 0.2) is 42.7 Å². The van der Waals surface area contributed by atoms with Crippen molar-refractivity contribution >= 4 is 50.8 Å². The Morgan fingerprint density at radius 3 is 2.56 bits per heavy atom. The van der Waals surface area contributed by atoms with E-state index in [-0.39, 0.29) is 18.4 Å². The van der Waals surface area contributed by atoms with E-state index < -0.39 is 10.0 Å². The summed E-state index contributed by atoms with van der Waals surface area (Å²) in [6.45, 7) is 2.13. The quantitative estimate of drug-likeness (QED) is 0.480. The number of benzene rings is 1. The minimum absolute atomic E-state index is 0.117. The van der Waals surface area contributed by atoms with Gasteiger partial charge in [0, 0.05) is 50.7 Å². The molecule has 10 nitrogen and oxygen atoms in total. The summed E-state index contributed by atoms with van der Waals surface area (Å²) in [7, 11) is 1.35. The van der Waals surface area contributed by atoms with Gasteiger partial charge in [-0.25, -0.2) is 18.4 Å². The first kappa shape index (κ1) is 25.2. The number of nitrogens with zero attached hydrogens (tertiary/aromatic N) is 5. The summed E-state index contributed by atoms with van der Waals surface area (Å²) >= 11 is 6.29. The van der Waals surface area contributed by atoms with Crippen molar-refractivity contribution in [2.24, 2.45) is 0 Å². The molecule has 0 spiro atoms. The van der Waals surface area contributed by atoms with Gasteiger partial charge in [0.15, 0.2) is 5.82 Å². The van der Waals surface area contributed by atoms with E-state index in [9.17, 15) is 13.2 Å². The van der Waals surface area contributed by atoms with Crippen LogP contribution >= 0.6 is 11.6 Å². The van der Waals surface area contributed by atoms with Gasteiger partial charge in [-0.3, -0.25) is 9.10 Å². The van der Waals surface area contributed by atoms with E-state index in [4.69, 9.17) is 11.6 Å². The van der Waals surface area contributed by atoms with Crippen LogP contribution in [0.2, 0.25) is 5.02 Å². The second-order valence-electron chi connectivity index (χ2n) is 7.81. The summed E-state index contributed by atoms with van der Waals surface area (Å²) in [6, 6.07) is 8.83. The summed E-state index contributed by atoms with van der Waals surface area (Å²) in [5, 5.41) is 6.54. The number of hydrogen-bond acceptors (Lipinski definition) is 8. The van der Waals surface area contributed by atoms with E-state index in [1.165, 1.54) is 24.3 Å². The minimum Gasteiger partial charge on any atom is -0.364 e. The molecule has 3 rings (SSSR count). The van der Waals surface area contributed by atoms with Crippen LogP contribution in [0.3, 0.4) is 0 Å². The number of aromatic nitrogens is 3. The van der Waals surface area contributed by atoms with E-state index in [0.29, 0.717) is 33.5 Å². The Hall–Kier alpha value is -3.44. The van der Waals surface area contributed by atoms with Crippen LogP contribution in [0.5, 0.6) is 0 Å². The van der Waals surface area contributed by atoms with Gasteiger partial charge in [0.2, 0.25) is 16.0 Å². The summed E-state index contributed by atoms with van der Waals surface area (Å²) in [5.74, 6) is 0.825. The molecule has 0 aliphatic carbocycles. The molecule has 3 aromatic rings. The smallest absolute Gasteiger partial charge is 0.253 e. The van der Waals surface area contributed by atoms with E-state index in [2.05, 4.69) is 25.6 Å². The molecule has 0 saturated heterocycles. The van der Waals surface area contributed by atoms with Crippen LogP contribution in [-0.2, 0) is 16.6 Å². The van der Waals surface area contributed by atoms with Crippen LogP contribution in [0.1, 0.15) is 21.5 Å². The van der Waals surface area contributed by atoms with Gasteiger partial charge >= 0.3 is 0 Å². The molecule has 34 heavy (non-hydrogen) atoms. The lowest BCUT2D eigenvalue weighted by Gasteiger charge is -2.19. The number of pyridine rings is 1. The first-order chi connectivity index (χ1) is 16.0. The molecular weight excluding hydrogens is 478 g/mol. The SMILES string of the molecule is Cc1ccc(C(=O)N(C)C)cc1Nc1ncc(Cl)c(NCc2cccnc2N(C)S(C)(=O)=O)n1. The molecule has 0 atom stereocenters. The third-order valence-electron chi connectivity index (χ3n) is 4.99. The Balaban J connectivity index is 1.83. The highest BCUT2D eigenvalue weighted by molar-refractivity contribution is 7.92. The van der Waals surface area contributed by atoms with Crippen molar-refractivity contribution in [2.45, 2.75) is 13.5 Å². The van der Waals surface area contributed by atoms with Crippen molar-refractivity contribution in [1.29, 1.82) is 0 Å². The monoisotopic (exact) mass is 503 g/mol. The van der Waals surface area contributed by atoms with Crippen molar-refractivity contribution in [2.75, 3.05) is 42.3 Å². The van der Waals surface area contributed by atoms with Crippen molar-refractivity contribution in [3.63, 3.8) is 0 Å². The molecule has 0 saturated carbocycles. The van der Waals surface area contributed by atoms with E-state index in [0.717, 1.165) is 16.1 Å². The number of carbonyl (C=O) groups excluding carboxylic acids is 1. The zero-order valence-electron chi connectivity index (χ0n) is 19.5. The van der Waals surface area contributed by atoms with E-state index in [1.54, 1.807) is 38.4 Å². The van der Waals surface area contributed by atoms with Gasteiger partial charge in [0.05, 0.1) is 12.5 Å². The van der Waals surface area contributed by atoms with Crippen LogP contribution < -0.4 is 14.9 Å². The molecule has 1 amide bonds. The molecule has 0 bridgehead atoms. The second kappa shape index (κ2) is 10.2. The fourth-order valence-electron chi connectivity index (χ4n) is 3.01. The van der Waals surface area contributed by atoms with E-state index in [1.807, 2.05) is 13.0 Å². The average Bonchev–Trinajstić information content (AvgIpc) is 2.79. The zero-order chi connectivity index (χ0) is 25.0. The highest BCUT2D eigenvalue weighted by Crippen LogP contribution is 2.26. The second-order valence-corrected chi connectivity index (χ2v) is 10.2. The summed E-state index contributed by atoms with van der Waals surface area (Å²) in [6.07, 6.45) is 4.09. The van der Waals surface area contributed by atoms with Gasteiger partial charge in [-0.2, -0.15) is 4.98 Å². The number of anilines is 4. The van der Waals surface area contributed by atoms with Gasteiger partial charge in [-0.15, -0.1) is 0 Å². The maximum atomic E-state index is 12.3. The van der Waals surface area contributed by atoms with Crippen LogP contribution in [0, 0.1) is 6.92 Å². The van der Waals surface area contributed by atoms with Gasteiger partial charge in [-0.05, 0) is 30.7 Å². The third-order valence-corrected chi connectivity index (χ3v) is 6.44. The number of nitrogens with one attached hydrogen (secondary N) is 2. The molecule has 180 valence electrons. The van der Waals surface area contributed by atoms with Crippen molar-refractivity contribution in [3.8, 4) is 0 Å². The lowest BCUT2D eigenvalue weighted by atomic mass is 10.1. The molecule has 0 aliphatic rings. The molecule has 2 N–H and O–H groups in total. The lowest BCUT2D eigenvalue weighted by Crippen LogP contribution is -2.27. The normalized spacial score (nSPS) is 11.1. The standard InChI is InChI=1S/C22H26ClN7O3S/c1-14-8-9-15(21(31)29(2)3)11-18(14)27-22-26-13-17(23)19(28-22)25-12-16-7-6-10-24-20(16)30(4)34(5,32)33/h6-11,13H,12H2,1-5H3,(H2,25,26,27,28). The fourth-order valence-corrected chi connectivity index (χ4v) is 3.64. The van der Waals surface area contributed by atoms with Crippen molar-refractivity contribution in [3.05, 3.63) is 64.4 Å². The molecule has 0 fully saturated rings. The maximum absolute atomic E-state index is 12.3. The molecule has 1 aromatic carbocycles. The summed E-state index contributed by atoms with van der Waals surface area (Å²) < 4.78 is 25.0. The predicted molar refractivity (Wildman–Crippen MR) is 134 cm³/mol. The number of sulfonamides is 1.